The van der Waals surface area contributed by atoms with E-state index in [1.54, 1.807) is 0 Å². The van der Waals surface area contributed by atoms with E-state index in [2.05, 4.69) is 0 Å². The van der Waals surface area contributed by atoms with Gasteiger partial charge in [-0.2, -0.15) is 4.31 Å². The number of nitro benzene ring substituents is 1. The predicted octanol–water partition coefficient (Wildman–Crippen LogP) is 2.34. The van der Waals surface area contributed by atoms with Crippen LogP contribution in [0.4, 0.5) is 5.69 Å². The van der Waals surface area contributed by atoms with Gasteiger partial charge in [-0.25, -0.2) is 8.42 Å². The molecule has 108 valence electrons. The Kier molecular flexibility index (Phi) is 3.23. The van der Waals surface area contributed by atoms with E-state index < -0.39 is 14.9 Å². The summed E-state index contributed by atoms with van der Waals surface area (Å²) in [6, 6.07) is 14.3. The number of hydrogen-bond donors (Lipinski definition) is 0. The summed E-state index contributed by atoms with van der Waals surface area (Å²) >= 11 is 0. The standard InChI is InChI=1S/C14H12N2O4S/c17-16(18)12-7-4-8-13(9-12)21(19,20)15-10-14(15)11-5-2-1-3-6-11/h1-9,14H,10H2. The predicted molar refractivity (Wildman–Crippen MR) is 76.2 cm³/mol. The summed E-state index contributed by atoms with van der Waals surface area (Å²) in [6.07, 6.45) is 0. The summed E-state index contributed by atoms with van der Waals surface area (Å²) in [5.74, 6) is 0. The average Bonchev–Trinajstić information content (AvgIpc) is 3.29. The Labute approximate surface area is 121 Å². The number of benzene rings is 2. The molecule has 7 heteroatoms. The van der Waals surface area contributed by atoms with Crippen molar-refractivity contribution in [2.75, 3.05) is 6.54 Å². The van der Waals surface area contributed by atoms with Gasteiger partial charge in [-0.1, -0.05) is 36.4 Å². The molecule has 0 spiro atoms. The molecule has 0 radical (unpaired) electrons. The van der Waals surface area contributed by atoms with Gasteiger partial charge in [0, 0.05) is 18.7 Å². The maximum absolute atomic E-state index is 12.5. The third-order valence-corrected chi connectivity index (χ3v) is 5.26. The number of rotatable bonds is 4. The second kappa shape index (κ2) is 4.94. The zero-order valence-corrected chi connectivity index (χ0v) is 11.7. The molecule has 0 N–H and O–H groups in total. The summed E-state index contributed by atoms with van der Waals surface area (Å²) in [5.41, 5.74) is 0.695. The zero-order chi connectivity index (χ0) is 15.0. The quantitative estimate of drug-likeness (QED) is 0.493. The lowest BCUT2D eigenvalue weighted by Crippen LogP contribution is -2.13. The average molecular weight is 304 g/mol. The highest BCUT2D eigenvalue weighted by Crippen LogP contribution is 2.40. The molecule has 0 amide bonds. The van der Waals surface area contributed by atoms with Crippen LogP contribution in [0.25, 0.3) is 0 Å². The highest BCUT2D eigenvalue weighted by atomic mass is 32.2. The summed E-state index contributed by atoms with van der Waals surface area (Å²) in [5, 5.41) is 10.7. The van der Waals surface area contributed by atoms with Crippen LogP contribution in [0.15, 0.2) is 59.5 Å². The molecular formula is C14H12N2O4S. The highest BCUT2D eigenvalue weighted by Gasteiger charge is 2.45. The summed E-state index contributed by atoms with van der Waals surface area (Å²) in [6.45, 7) is 0.398. The molecule has 1 heterocycles. The van der Waals surface area contributed by atoms with Gasteiger partial charge >= 0.3 is 0 Å². The Balaban J connectivity index is 1.89. The molecule has 0 bridgehead atoms. The Morgan fingerprint density at radius 3 is 2.48 bits per heavy atom. The molecule has 21 heavy (non-hydrogen) atoms. The maximum Gasteiger partial charge on any atom is 0.270 e. The molecule has 1 saturated heterocycles. The van der Waals surface area contributed by atoms with E-state index >= 15 is 0 Å². The molecule has 0 aromatic heterocycles. The smallest absolute Gasteiger partial charge is 0.258 e. The van der Waals surface area contributed by atoms with Gasteiger partial charge in [0.25, 0.3) is 5.69 Å². The van der Waals surface area contributed by atoms with Gasteiger partial charge in [0.2, 0.25) is 10.0 Å². The first kappa shape index (κ1) is 13.7. The molecule has 1 aliphatic rings. The fourth-order valence-electron chi connectivity index (χ4n) is 2.23. The van der Waals surface area contributed by atoms with Crippen molar-refractivity contribution in [3.8, 4) is 0 Å². The monoisotopic (exact) mass is 304 g/mol. The van der Waals surface area contributed by atoms with Gasteiger partial charge in [-0.05, 0) is 11.6 Å². The molecule has 0 aliphatic carbocycles. The summed E-state index contributed by atoms with van der Waals surface area (Å²) < 4.78 is 26.2. The molecule has 1 aliphatic heterocycles. The van der Waals surface area contributed by atoms with Crippen LogP contribution in [0.2, 0.25) is 0 Å². The minimum atomic E-state index is -3.69. The highest BCUT2D eigenvalue weighted by molar-refractivity contribution is 7.89. The van der Waals surface area contributed by atoms with E-state index in [-0.39, 0.29) is 16.6 Å². The van der Waals surface area contributed by atoms with Gasteiger partial charge in [-0.3, -0.25) is 10.1 Å². The lowest BCUT2D eigenvalue weighted by molar-refractivity contribution is -0.385. The molecule has 2 atom stereocenters. The van der Waals surface area contributed by atoms with Crippen molar-refractivity contribution in [3.05, 3.63) is 70.3 Å². The number of sulfonamides is 1. The zero-order valence-electron chi connectivity index (χ0n) is 10.9. The fraction of sp³-hybridized carbons (Fsp3) is 0.143. The van der Waals surface area contributed by atoms with Gasteiger partial charge in [0.15, 0.2) is 0 Å². The Morgan fingerprint density at radius 1 is 1.10 bits per heavy atom. The molecule has 3 rings (SSSR count). The second-order valence-corrected chi connectivity index (χ2v) is 6.65. The molecule has 2 aromatic carbocycles. The van der Waals surface area contributed by atoms with E-state index in [4.69, 9.17) is 0 Å². The normalized spacial score (nSPS) is 21.0. The van der Waals surface area contributed by atoms with Gasteiger partial charge in [0.05, 0.1) is 15.9 Å². The molecular weight excluding hydrogens is 292 g/mol. The van der Waals surface area contributed by atoms with E-state index in [1.165, 1.54) is 22.5 Å². The van der Waals surface area contributed by atoms with Crippen molar-refractivity contribution >= 4 is 15.7 Å². The first-order valence-corrected chi connectivity index (χ1v) is 7.75. The maximum atomic E-state index is 12.5. The molecule has 0 saturated carbocycles. The van der Waals surface area contributed by atoms with Crippen LogP contribution in [0.1, 0.15) is 11.6 Å². The van der Waals surface area contributed by atoms with Crippen LogP contribution in [-0.4, -0.2) is 24.2 Å². The topological polar surface area (TPSA) is 80.3 Å². The lowest BCUT2D eigenvalue weighted by Gasteiger charge is -2.06. The van der Waals surface area contributed by atoms with Crippen LogP contribution in [-0.2, 0) is 10.0 Å². The van der Waals surface area contributed by atoms with Gasteiger partial charge in [-0.15, -0.1) is 0 Å². The van der Waals surface area contributed by atoms with Crippen LogP contribution in [0.3, 0.4) is 0 Å². The van der Waals surface area contributed by atoms with Crippen molar-refractivity contribution in [2.24, 2.45) is 0 Å². The van der Waals surface area contributed by atoms with Crippen LogP contribution in [0.5, 0.6) is 0 Å². The van der Waals surface area contributed by atoms with Crippen molar-refractivity contribution < 1.29 is 13.3 Å². The summed E-state index contributed by atoms with van der Waals surface area (Å²) in [4.78, 5) is 10.1. The molecule has 2 aromatic rings. The first-order valence-electron chi connectivity index (χ1n) is 6.31. The van der Waals surface area contributed by atoms with Gasteiger partial charge in [0.1, 0.15) is 0 Å². The molecule has 1 fully saturated rings. The van der Waals surface area contributed by atoms with E-state index in [1.807, 2.05) is 30.3 Å². The third-order valence-electron chi connectivity index (χ3n) is 3.39. The Bertz CT molecular complexity index is 790. The largest absolute Gasteiger partial charge is 0.270 e. The fourth-order valence-corrected chi connectivity index (χ4v) is 3.81. The lowest BCUT2D eigenvalue weighted by atomic mass is 10.2. The molecule has 2 unspecified atom stereocenters. The second-order valence-electron chi connectivity index (χ2n) is 4.76. The van der Waals surface area contributed by atoms with Crippen molar-refractivity contribution in [1.82, 2.24) is 4.31 Å². The Hall–Kier alpha value is -2.25. The minimum absolute atomic E-state index is 0.0462. The Morgan fingerprint density at radius 2 is 1.81 bits per heavy atom. The van der Waals surface area contributed by atoms with Crippen molar-refractivity contribution in [3.63, 3.8) is 0 Å². The van der Waals surface area contributed by atoms with E-state index in [0.717, 1.165) is 11.6 Å². The number of nitrogens with zero attached hydrogens (tertiary/aromatic N) is 2. The minimum Gasteiger partial charge on any atom is -0.258 e. The number of hydrogen-bond acceptors (Lipinski definition) is 4. The SMILES string of the molecule is O=[N+]([O-])c1cccc(S(=O)(=O)N2CC2c2ccccc2)c1. The first-order chi connectivity index (χ1) is 10.00. The number of nitro groups is 1. The van der Waals surface area contributed by atoms with Gasteiger partial charge < -0.3 is 0 Å². The van der Waals surface area contributed by atoms with Crippen LogP contribution >= 0.6 is 0 Å². The van der Waals surface area contributed by atoms with Crippen LogP contribution in [0, 0.1) is 10.1 Å². The van der Waals surface area contributed by atoms with E-state index in [9.17, 15) is 18.5 Å². The number of non-ortho nitro benzene ring substituents is 1. The van der Waals surface area contributed by atoms with Crippen molar-refractivity contribution in [1.29, 1.82) is 0 Å². The third kappa shape index (κ3) is 2.53. The van der Waals surface area contributed by atoms with Crippen molar-refractivity contribution in [2.45, 2.75) is 10.9 Å². The van der Waals surface area contributed by atoms with Crippen LogP contribution < -0.4 is 0 Å². The molecule has 6 nitrogen and oxygen atoms in total. The van der Waals surface area contributed by atoms with E-state index in [0.29, 0.717) is 6.54 Å². The summed E-state index contributed by atoms with van der Waals surface area (Å²) in [7, 11) is -3.69.